The van der Waals surface area contributed by atoms with Crippen LogP contribution in [0.5, 0.6) is 0 Å². The number of hydrogen-bond acceptors (Lipinski definition) is 4. The summed E-state index contributed by atoms with van der Waals surface area (Å²) in [5.41, 5.74) is 2.10. The molecule has 0 radical (unpaired) electrons. The molecule has 6 nitrogen and oxygen atoms in total. The van der Waals surface area contributed by atoms with Gasteiger partial charge in [-0.1, -0.05) is 6.92 Å². The summed E-state index contributed by atoms with van der Waals surface area (Å²) in [6, 6.07) is -0.776. The van der Waals surface area contributed by atoms with Crippen LogP contribution in [-0.2, 0) is 19.7 Å². The molecule has 0 bridgehead atoms. The first kappa shape index (κ1) is 14.3. The summed E-state index contributed by atoms with van der Waals surface area (Å²) in [7, 11) is -0.679. The number of carbonyl (C=O) groups excluding carboxylic acids is 1. The molecule has 1 amide bonds. The Morgan fingerprint density at radius 1 is 1.53 bits per heavy atom. The molecule has 0 fully saturated rings. The van der Waals surface area contributed by atoms with Gasteiger partial charge in [0.1, 0.15) is 6.04 Å². The Balaban J connectivity index is 4.56. The third-order valence-electron chi connectivity index (χ3n) is 2.03. The number of hydrogen-bond donors (Lipinski definition) is 1. The fourth-order valence-corrected chi connectivity index (χ4v) is 2.38. The van der Waals surface area contributed by atoms with E-state index in [-0.39, 0.29) is 5.75 Å². The molecule has 15 heavy (non-hydrogen) atoms. The molecule has 0 aliphatic rings. The van der Waals surface area contributed by atoms with Gasteiger partial charge >= 0.3 is 0 Å². The van der Waals surface area contributed by atoms with Crippen LogP contribution in [0.15, 0.2) is 0 Å². The Hall–Kier alpha value is -0.660. The van der Waals surface area contributed by atoms with Gasteiger partial charge in [-0.25, -0.2) is 13.9 Å². The molecule has 0 aromatic heterocycles. The lowest BCUT2D eigenvalue weighted by Gasteiger charge is -2.22. The summed E-state index contributed by atoms with van der Waals surface area (Å²) < 4.78 is 24.2. The molecule has 1 unspecified atom stereocenters. The highest BCUT2D eigenvalue weighted by Crippen LogP contribution is 2.06. The molecule has 1 N–H and O–H groups in total. The number of hydroxylamine groups is 1. The maximum absolute atomic E-state index is 11.6. The first-order chi connectivity index (χ1) is 6.86. The number of rotatable bonds is 6. The van der Waals surface area contributed by atoms with Crippen molar-refractivity contribution >= 4 is 15.9 Å². The molecule has 90 valence electrons. The van der Waals surface area contributed by atoms with Crippen molar-refractivity contribution in [2.24, 2.45) is 0 Å². The maximum atomic E-state index is 11.6. The lowest BCUT2D eigenvalue weighted by Crippen LogP contribution is -2.46. The third-order valence-corrected chi connectivity index (χ3v) is 4.15. The minimum atomic E-state index is -3.36. The topological polar surface area (TPSA) is 75.7 Å². The average Bonchev–Trinajstić information content (AvgIpc) is 2.15. The smallest absolute Gasteiger partial charge is 0.261 e. The number of likely N-dealkylation sites (N-methyl/N-ethyl adjacent to an activating group) is 1. The molecule has 0 rings (SSSR count). The van der Waals surface area contributed by atoms with Gasteiger partial charge in [0, 0.05) is 7.05 Å². The molecule has 0 aliphatic carbocycles. The molecule has 1 atom stereocenters. The average molecular weight is 238 g/mol. The van der Waals surface area contributed by atoms with Gasteiger partial charge in [0.15, 0.2) is 0 Å². The van der Waals surface area contributed by atoms with Crippen molar-refractivity contribution in [3.05, 3.63) is 0 Å². The van der Waals surface area contributed by atoms with Crippen LogP contribution in [0.1, 0.15) is 20.3 Å². The van der Waals surface area contributed by atoms with E-state index >= 15 is 0 Å². The standard InChI is InChI=1S/C8H18N2O4S/c1-5-6-15(12,13)10(3)7(2)8(11)9-14-4/h7H,5-6H2,1-4H3,(H,9,11). The van der Waals surface area contributed by atoms with Gasteiger partial charge in [-0.15, -0.1) is 0 Å². The van der Waals surface area contributed by atoms with Crippen LogP contribution in [0.2, 0.25) is 0 Å². The minimum Gasteiger partial charge on any atom is -0.277 e. The fraction of sp³-hybridized carbons (Fsp3) is 0.875. The van der Waals surface area contributed by atoms with Crippen molar-refractivity contribution in [2.75, 3.05) is 19.9 Å². The highest BCUT2D eigenvalue weighted by molar-refractivity contribution is 7.89. The largest absolute Gasteiger partial charge is 0.277 e. The van der Waals surface area contributed by atoms with Gasteiger partial charge < -0.3 is 0 Å². The van der Waals surface area contributed by atoms with Gasteiger partial charge in [0.2, 0.25) is 10.0 Å². The summed E-state index contributed by atoms with van der Waals surface area (Å²) in [4.78, 5) is 15.7. The second-order valence-electron chi connectivity index (χ2n) is 3.18. The van der Waals surface area contributed by atoms with Crippen LogP contribution in [0.3, 0.4) is 0 Å². The zero-order valence-electron chi connectivity index (χ0n) is 9.48. The molecule has 0 aromatic carbocycles. The predicted octanol–water partition coefficient (Wildman–Crippen LogP) is -0.276. The van der Waals surface area contributed by atoms with Crippen LogP contribution < -0.4 is 5.48 Å². The monoisotopic (exact) mass is 238 g/mol. The highest BCUT2D eigenvalue weighted by atomic mass is 32.2. The van der Waals surface area contributed by atoms with Crippen LogP contribution in [0.25, 0.3) is 0 Å². The normalized spacial score (nSPS) is 13.9. The van der Waals surface area contributed by atoms with E-state index in [9.17, 15) is 13.2 Å². The number of nitrogens with zero attached hydrogens (tertiary/aromatic N) is 1. The second kappa shape index (κ2) is 6.04. The van der Waals surface area contributed by atoms with Crippen LogP contribution in [0, 0.1) is 0 Å². The molecule has 0 aliphatic heterocycles. The summed E-state index contributed by atoms with van der Waals surface area (Å²) >= 11 is 0. The Morgan fingerprint density at radius 3 is 2.47 bits per heavy atom. The third kappa shape index (κ3) is 4.15. The van der Waals surface area contributed by atoms with Gasteiger partial charge in [-0.05, 0) is 13.3 Å². The van der Waals surface area contributed by atoms with E-state index in [4.69, 9.17) is 0 Å². The van der Waals surface area contributed by atoms with Gasteiger partial charge in [0.05, 0.1) is 12.9 Å². The van der Waals surface area contributed by atoms with E-state index in [1.165, 1.54) is 21.1 Å². The van der Waals surface area contributed by atoms with Crippen molar-refractivity contribution < 1.29 is 18.0 Å². The first-order valence-corrected chi connectivity index (χ1v) is 6.26. The lowest BCUT2D eigenvalue weighted by atomic mass is 10.3. The second-order valence-corrected chi connectivity index (χ2v) is 5.33. The van der Waals surface area contributed by atoms with Gasteiger partial charge in [0.25, 0.3) is 5.91 Å². The molecule has 0 saturated heterocycles. The summed E-state index contributed by atoms with van der Waals surface area (Å²) in [6.45, 7) is 3.27. The van der Waals surface area contributed by atoms with E-state index in [1.807, 2.05) is 0 Å². The quantitative estimate of drug-likeness (QED) is 0.646. The number of carbonyl (C=O) groups is 1. The predicted molar refractivity (Wildman–Crippen MR) is 56.5 cm³/mol. The van der Waals surface area contributed by atoms with Crippen LogP contribution in [-0.4, -0.2) is 44.6 Å². The number of sulfonamides is 1. The van der Waals surface area contributed by atoms with Crippen molar-refractivity contribution in [3.8, 4) is 0 Å². The zero-order chi connectivity index (χ0) is 12.1. The van der Waals surface area contributed by atoms with Crippen molar-refractivity contribution in [1.29, 1.82) is 0 Å². The van der Waals surface area contributed by atoms with E-state index in [0.29, 0.717) is 6.42 Å². The Labute approximate surface area is 90.6 Å². The lowest BCUT2D eigenvalue weighted by molar-refractivity contribution is -0.134. The van der Waals surface area contributed by atoms with Gasteiger partial charge in [-0.2, -0.15) is 4.31 Å². The van der Waals surface area contributed by atoms with Crippen molar-refractivity contribution in [2.45, 2.75) is 26.3 Å². The first-order valence-electron chi connectivity index (χ1n) is 4.65. The fourth-order valence-electron chi connectivity index (χ4n) is 0.994. The molecule has 0 aromatic rings. The Morgan fingerprint density at radius 2 is 2.07 bits per heavy atom. The molecular weight excluding hydrogens is 220 g/mol. The molecule has 0 spiro atoms. The summed E-state index contributed by atoms with van der Waals surface area (Å²) in [6.07, 6.45) is 0.519. The molecular formula is C8H18N2O4S. The minimum absolute atomic E-state index is 0.0358. The van der Waals surface area contributed by atoms with E-state index < -0.39 is 22.0 Å². The zero-order valence-corrected chi connectivity index (χ0v) is 10.3. The molecule has 0 saturated carbocycles. The maximum Gasteiger partial charge on any atom is 0.261 e. The van der Waals surface area contributed by atoms with Crippen molar-refractivity contribution in [1.82, 2.24) is 9.79 Å². The SMILES string of the molecule is CCCS(=O)(=O)N(C)C(C)C(=O)NOC. The Bertz CT molecular complexity index is 302. The summed E-state index contributed by atoms with van der Waals surface area (Å²) in [5.74, 6) is -0.451. The Kier molecular flexibility index (Phi) is 5.77. The van der Waals surface area contributed by atoms with Crippen molar-refractivity contribution in [3.63, 3.8) is 0 Å². The van der Waals surface area contributed by atoms with Crippen LogP contribution in [0.4, 0.5) is 0 Å². The van der Waals surface area contributed by atoms with E-state index in [0.717, 1.165) is 4.31 Å². The van der Waals surface area contributed by atoms with Gasteiger partial charge in [-0.3, -0.25) is 9.63 Å². The molecule has 7 heteroatoms. The number of amides is 1. The highest BCUT2D eigenvalue weighted by Gasteiger charge is 2.27. The molecule has 0 heterocycles. The summed E-state index contributed by atoms with van der Waals surface area (Å²) in [5, 5.41) is 0. The number of nitrogens with one attached hydrogen (secondary N) is 1. The van der Waals surface area contributed by atoms with Crippen LogP contribution >= 0.6 is 0 Å². The van der Waals surface area contributed by atoms with E-state index in [1.54, 1.807) is 6.92 Å². The van der Waals surface area contributed by atoms with E-state index in [2.05, 4.69) is 10.3 Å².